The number of hydrogen-bond acceptors (Lipinski definition) is 2. The van der Waals surface area contributed by atoms with E-state index in [9.17, 15) is 4.79 Å². The zero-order chi connectivity index (χ0) is 13.3. The van der Waals surface area contributed by atoms with Gasteiger partial charge in [-0.1, -0.05) is 17.2 Å². The first kappa shape index (κ1) is 13.4. The summed E-state index contributed by atoms with van der Waals surface area (Å²) in [6, 6.07) is 7.09. The van der Waals surface area contributed by atoms with E-state index in [0.29, 0.717) is 10.6 Å². The van der Waals surface area contributed by atoms with Crippen LogP contribution in [0.5, 0.6) is 0 Å². The van der Waals surface area contributed by atoms with Gasteiger partial charge < -0.3 is 0 Å². The Morgan fingerprint density at radius 3 is 2.39 bits per heavy atom. The number of rotatable bonds is 2. The number of halogens is 1. The maximum Gasteiger partial charge on any atom is 0.193 e. The molecule has 2 rings (SSSR count). The Kier molecular flexibility index (Phi) is 3.98. The van der Waals surface area contributed by atoms with E-state index in [1.807, 2.05) is 13.8 Å². The summed E-state index contributed by atoms with van der Waals surface area (Å²) in [6.07, 6.45) is 0. The van der Waals surface area contributed by atoms with Crippen molar-refractivity contribution in [3.63, 3.8) is 0 Å². The second kappa shape index (κ2) is 5.33. The number of hydrogen-bond donors (Lipinski definition) is 0. The SMILES string of the molecule is CC1=C(C(=O)c2ccc(Cl)cc2)C(C)=C(C)SC1. The Morgan fingerprint density at radius 1 is 1.17 bits per heavy atom. The molecule has 0 saturated carbocycles. The van der Waals surface area contributed by atoms with E-state index < -0.39 is 0 Å². The molecule has 1 aliphatic rings. The predicted molar refractivity (Wildman–Crippen MR) is 79.3 cm³/mol. The van der Waals surface area contributed by atoms with Gasteiger partial charge in [-0.3, -0.25) is 4.79 Å². The Balaban J connectivity index is 2.42. The number of benzene rings is 1. The molecule has 1 aliphatic heterocycles. The number of thioether (sulfide) groups is 1. The molecule has 0 N–H and O–H groups in total. The monoisotopic (exact) mass is 278 g/mol. The first-order valence-corrected chi connectivity index (χ1v) is 7.17. The summed E-state index contributed by atoms with van der Waals surface area (Å²) >= 11 is 7.65. The van der Waals surface area contributed by atoms with Crippen molar-refractivity contribution in [2.24, 2.45) is 0 Å². The Hall–Kier alpha value is -0.990. The molecule has 0 amide bonds. The van der Waals surface area contributed by atoms with Gasteiger partial charge in [0, 0.05) is 21.9 Å². The van der Waals surface area contributed by atoms with Crippen LogP contribution in [0.3, 0.4) is 0 Å². The van der Waals surface area contributed by atoms with E-state index in [2.05, 4.69) is 6.92 Å². The molecule has 0 aromatic heterocycles. The third kappa shape index (κ3) is 2.55. The third-order valence-corrected chi connectivity index (χ3v) is 4.74. The molecule has 94 valence electrons. The van der Waals surface area contributed by atoms with Gasteiger partial charge in [-0.25, -0.2) is 0 Å². The summed E-state index contributed by atoms with van der Waals surface area (Å²) in [7, 11) is 0. The van der Waals surface area contributed by atoms with Crippen LogP contribution < -0.4 is 0 Å². The van der Waals surface area contributed by atoms with E-state index >= 15 is 0 Å². The smallest absolute Gasteiger partial charge is 0.193 e. The second-order valence-electron chi connectivity index (χ2n) is 4.46. The predicted octanol–water partition coefficient (Wildman–Crippen LogP) is 4.88. The van der Waals surface area contributed by atoms with E-state index in [1.54, 1.807) is 36.0 Å². The van der Waals surface area contributed by atoms with Crippen LogP contribution in [0.25, 0.3) is 0 Å². The maximum absolute atomic E-state index is 12.5. The van der Waals surface area contributed by atoms with Crippen molar-refractivity contribution in [1.29, 1.82) is 0 Å². The Morgan fingerprint density at radius 2 is 1.78 bits per heavy atom. The van der Waals surface area contributed by atoms with E-state index in [-0.39, 0.29) is 5.78 Å². The van der Waals surface area contributed by atoms with Crippen LogP contribution in [0.2, 0.25) is 5.02 Å². The summed E-state index contributed by atoms with van der Waals surface area (Å²) in [5.74, 6) is 0.999. The van der Waals surface area contributed by atoms with Crippen LogP contribution in [0, 0.1) is 0 Å². The zero-order valence-electron chi connectivity index (χ0n) is 10.7. The number of Topliss-reactive ketones (excluding diaryl/α,β-unsaturated/α-hetero) is 1. The lowest BCUT2D eigenvalue weighted by atomic mass is 9.93. The molecule has 1 nitrogen and oxygen atoms in total. The average Bonchev–Trinajstić information content (AvgIpc) is 2.35. The molecule has 0 aliphatic carbocycles. The number of carbonyl (C=O) groups excluding carboxylic acids is 1. The molecule has 1 aromatic rings. The van der Waals surface area contributed by atoms with Crippen LogP contribution in [0.4, 0.5) is 0 Å². The van der Waals surface area contributed by atoms with Crippen molar-refractivity contribution in [2.45, 2.75) is 20.8 Å². The highest BCUT2D eigenvalue weighted by atomic mass is 35.5. The minimum absolute atomic E-state index is 0.0984. The highest BCUT2D eigenvalue weighted by molar-refractivity contribution is 8.03. The van der Waals surface area contributed by atoms with Crippen molar-refractivity contribution in [2.75, 3.05) is 5.75 Å². The van der Waals surface area contributed by atoms with Crippen molar-refractivity contribution in [3.8, 4) is 0 Å². The molecule has 0 saturated heterocycles. The first-order valence-electron chi connectivity index (χ1n) is 5.81. The van der Waals surface area contributed by atoms with Crippen molar-refractivity contribution < 1.29 is 4.79 Å². The van der Waals surface area contributed by atoms with Gasteiger partial charge >= 0.3 is 0 Å². The van der Waals surface area contributed by atoms with Crippen LogP contribution in [0.15, 0.2) is 45.9 Å². The molecule has 18 heavy (non-hydrogen) atoms. The molecule has 3 heteroatoms. The van der Waals surface area contributed by atoms with Crippen molar-refractivity contribution in [3.05, 3.63) is 56.5 Å². The van der Waals surface area contributed by atoms with E-state index in [4.69, 9.17) is 11.6 Å². The van der Waals surface area contributed by atoms with Crippen LogP contribution >= 0.6 is 23.4 Å². The molecule has 1 aromatic carbocycles. The summed E-state index contributed by atoms with van der Waals surface area (Å²) < 4.78 is 0. The first-order chi connectivity index (χ1) is 8.50. The normalized spacial score (nSPS) is 16.2. The number of carbonyl (C=O) groups is 1. The van der Waals surface area contributed by atoms with Gasteiger partial charge in [0.2, 0.25) is 0 Å². The second-order valence-corrected chi connectivity index (χ2v) is 6.09. The fraction of sp³-hybridized carbons (Fsp3) is 0.267. The van der Waals surface area contributed by atoms with Gasteiger partial charge in [-0.2, -0.15) is 0 Å². The molecule has 0 radical (unpaired) electrons. The summed E-state index contributed by atoms with van der Waals surface area (Å²) in [4.78, 5) is 13.8. The Bertz CT molecular complexity index is 552. The number of ketones is 1. The van der Waals surface area contributed by atoms with Gasteiger partial charge in [0.05, 0.1) is 0 Å². The fourth-order valence-electron chi connectivity index (χ4n) is 2.00. The standard InChI is InChI=1S/C15H15ClOS/c1-9-8-18-11(3)10(2)14(9)15(17)12-4-6-13(16)7-5-12/h4-7H,8H2,1-3H3. The lowest BCUT2D eigenvalue weighted by Gasteiger charge is -2.19. The quantitative estimate of drug-likeness (QED) is 0.717. The minimum atomic E-state index is 0.0984. The van der Waals surface area contributed by atoms with Gasteiger partial charge in [0.1, 0.15) is 0 Å². The van der Waals surface area contributed by atoms with Crippen LogP contribution in [-0.4, -0.2) is 11.5 Å². The maximum atomic E-state index is 12.5. The van der Waals surface area contributed by atoms with Gasteiger partial charge in [0.25, 0.3) is 0 Å². The largest absolute Gasteiger partial charge is 0.289 e. The van der Waals surface area contributed by atoms with Gasteiger partial charge in [-0.05, 0) is 55.5 Å². The van der Waals surface area contributed by atoms with Crippen LogP contribution in [0.1, 0.15) is 31.1 Å². The third-order valence-electron chi connectivity index (χ3n) is 3.17. The summed E-state index contributed by atoms with van der Waals surface area (Å²) in [5.41, 5.74) is 3.83. The van der Waals surface area contributed by atoms with Gasteiger partial charge in [-0.15, -0.1) is 11.8 Å². The lowest BCUT2D eigenvalue weighted by Crippen LogP contribution is -2.11. The highest BCUT2D eigenvalue weighted by Crippen LogP contribution is 2.35. The molecular weight excluding hydrogens is 264 g/mol. The molecule has 1 heterocycles. The lowest BCUT2D eigenvalue weighted by molar-refractivity contribution is 0.103. The van der Waals surface area contributed by atoms with Crippen molar-refractivity contribution >= 4 is 29.1 Å². The molecule has 0 unspecified atom stereocenters. The van der Waals surface area contributed by atoms with Crippen LogP contribution in [-0.2, 0) is 0 Å². The topological polar surface area (TPSA) is 17.1 Å². The highest BCUT2D eigenvalue weighted by Gasteiger charge is 2.21. The molecule has 0 atom stereocenters. The molecule has 0 fully saturated rings. The minimum Gasteiger partial charge on any atom is -0.289 e. The fourth-order valence-corrected chi connectivity index (χ4v) is 3.02. The molecular formula is C15H15ClOS. The number of allylic oxidation sites excluding steroid dienone is 3. The van der Waals surface area contributed by atoms with E-state index in [1.165, 1.54) is 4.91 Å². The van der Waals surface area contributed by atoms with Crippen molar-refractivity contribution in [1.82, 2.24) is 0 Å². The molecule has 0 bridgehead atoms. The van der Waals surface area contributed by atoms with Gasteiger partial charge in [0.15, 0.2) is 5.78 Å². The summed E-state index contributed by atoms with van der Waals surface area (Å²) in [5, 5.41) is 0.653. The molecule has 0 spiro atoms. The Labute approximate surface area is 117 Å². The summed E-state index contributed by atoms with van der Waals surface area (Å²) in [6.45, 7) is 6.13. The zero-order valence-corrected chi connectivity index (χ0v) is 12.3. The average molecular weight is 279 g/mol. The van der Waals surface area contributed by atoms with E-state index in [0.717, 1.165) is 22.5 Å².